The second-order valence-electron chi connectivity index (χ2n) is 7.85. The maximum absolute atomic E-state index is 10.4. The van der Waals surface area contributed by atoms with Crippen molar-refractivity contribution in [3.63, 3.8) is 0 Å². The van der Waals surface area contributed by atoms with Crippen molar-refractivity contribution in [2.45, 2.75) is 76.5 Å². The first-order valence-electron chi connectivity index (χ1n) is 10.2. The van der Waals surface area contributed by atoms with Crippen molar-refractivity contribution in [3.8, 4) is 11.5 Å². The van der Waals surface area contributed by atoms with Gasteiger partial charge in [0.2, 0.25) is 0 Å². The van der Waals surface area contributed by atoms with Gasteiger partial charge in [-0.2, -0.15) is 0 Å². The van der Waals surface area contributed by atoms with Gasteiger partial charge in [0.25, 0.3) is 0 Å². The van der Waals surface area contributed by atoms with Crippen molar-refractivity contribution < 1.29 is 10.2 Å². The zero-order valence-electron chi connectivity index (χ0n) is 16.1. The lowest BCUT2D eigenvalue weighted by Crippen LogP contribution is -2.12. The van der Waals surface area contributed by atoms with Crippen LogP contribution in [0.1, 0.15) is 93.2 Å². The summed E-state index contributed by atoms with van der Waals surface area (Å²) < 4.78 is 0. The second-order valence-corrected chi connectivity index (χ2v) is 7.85. The summed E-state index contributed by atoms with van der Waals surface area (Å²) in [4.78, 5) is 0. The molecule has 0 aliphatic heterocycles. The molecule has 0 aromatic heterocycles. The fourth-order valence-electron chi connectivity index (χ4n) is 4.59. The first-order chi connectivity index (χ1) is 12.6. The van der Waals surface area contributed by atoms with Crippen LogP contribution in [0.4, 0.5) is 0 Å². The third-order valence-electron chi connectivity index (χ3n) is 6.18. The van der Waals surface area contributed by atoms with Gasteiger partial charge in [0, 0.05) is 0 Å². The van der Waals surface area contributed by atoms with Crippen LogP contribution < -0.4 is 0 Å². The molecule has 140 valence electrons. The lowest BCUT2D eigenvalue weighted by atomic mass is 9.75. The highest BCUT2D eigenvalue weighted by molar-refractivity contribution is 5.40. The van der Waals surface area contributed by atoms with Crippen LogP contribution >= 0.6 is 0 Å². The predicted octanol–water partition coefficient (Wildman–Crippen LogP) is 6.83. The number of hydrogen-bond donors (Lipinski definition) is 2. The number of rotatable bonds is 6. The van der Waals surface area contributed by atoms with Crippen LogP contribution in [-0.2, 0) is 0 Å². The van der Waals surface area contributed by atoms with E-state index in [4.69, 9.17) is 0 Å². The van der Waals surface area contributed by atoms with Crippen LogP contribution in [-0.4, -0.2) is 10.2 Å². The molecule has 0 bridgehead atoms. The van der Waals surface area contributed by atoms with E-state index in [-0.39, 0.29) is 0 Å². The molecule has 2 aromatic carbocycles. The van der Waals surface area contributed by atoms with Gasteiger partial charge in [-0.1, -0.05) is 44.5 Å². The number of aromatic hydroxyl groups is 2. The fraction of sp³-hybridized carbons (Fsp3) is 0.500. The van der Waals surface area contributed by atoms with Gasteiger partial charge < -0.3 is 10.2 Å². The van der Waals surface area contributed by atoms with E-state index < -0.39 is 0 Å². The fourth-order valence-corrected chi connectivity index (χ4v) is 4.59. The quantitative estimate of drug-likeness (QED) is 0.598. The van der Waals surface area contributed by atoms with Crippen LogP contribution in [0.3, 0.4) is 0 Å². The van der Waals surface area contributed by atoms with E-state index >= 15 is 0 Å². The third kappa shape index (κ3) is 4.23. The van der Waals surface area contributed by atoms with Gasteiger partial charge in [-0.05, 0) is 91.2 Å². The van der Waals surface area contributed by atoms with Crippen LogP contribution in [0.5, 0.6) is 11.5 Å². The average Bonchev–Trinajstić information content (AvgIpc) is 2.67. The standard InChI is InChI=1S/C24H32O2/c1-3-5-17(4-2)23-16-21(12-15-24(23)26)20-8-6-18(7-9-20)19-10-13-22(25)14-11-19/h10-18,20,25-26H,3-9H2,1-2H3. The van der Waals surface area contributed by atoms with Gasteiger partial charge in [0.1, 0.15) is 11.5 Å². The highest BCUT2D eigenvalue weighted by Gasteiger charge is 2.24. The summed E-state index contributed by atoms with van der Waals surface area (Å²) >= 11 is 0. The molecule has 0 heterocycles. The molecule has 0 amide bonds. The molecule has 3 rings (SSSR count). The average molecular weight is 353 g/mol. The highest BCUT2D eigenvalue weighted by Crippen LogP contribution is 2.42. The Bertz CT molecular complexity index is 697. The Morgan fingerprint density at radius 2 is 1.42 bits per heavy atom. The Labute approximate surface area is 157 Å². The van der Waals surface area contributed by atoms with Crippen molar-refractivity contribution in [3.05, 3.63) is 59.2 Å². The van der Waals surface area contributed by atoms with Crippen molar-refractivity contribution in [2.75, 3.05) is 0 Å². The molecule has 1 saturated carbocycles. The van der Waals surface area contributed by atoms with Crippen LogP contribution in [0.25, 0.3) is 0 Å². The van der Waals surface area contributed by atoms with Gasteiger partial charge in [0.15, 0.2) is 0 Å². The minimum atomic E-state index is 0.344. The SMILES string of the molecule is CCCC(CC)c1cc(C2CCC(c3ccc(O)cc3)CC2)ccc1O. The predicted molar refractivity (Wildman–Crippen MR) is 108 cm³/mol. The number of phenols is 2. The number of hydrogen-bond acceptors (Lipinski definition) is 2. The second kappa shape index (κ2) is 8.62. The molecule has 2 aromatic rings. The molecule has 1 atom stereocenters. The van der Waals surface area contributed by atoms with Gasteiger partial charge in [-0.3, -0.25) is 0 Å². The Balaban J connectivity index is 1.70. The highest BCUT2D eigenvalue weighted by atomic mass is 16.3. The van der Waals surface area contributed by atoms with Gasteiger partial charge >= 0.3 is 0 Å². The molecule has 2 N–H and O–H groups in total. The largest absolute Gasteiger partial charge is 0.508 e. The van der Waals surface area contributed by atoms with E-state index in [1.165, 1.54) is 36.8 Å². The lowest BCUT2D eigenvalue weighted by Gasteiger charge is -2.30. The minimum absolute atomic E-state index is 0.344. The molecule has 1 unspecified atom stereocenters. The summed E-state index contributed by atoms with van der Waals surface area (Å²) in [5.74, 6) is 2.48. The smallest absolute Gasteiger partial charge is 0.119 e. The van der Waals surface area contributed by atoms with E-state index in [0.29, 0.717) is 29.3 Å². The molecular formula is C24H32O2. The van der Waals surface area contributed by atoms with Crippen molar-refractivity contribution in [1.82, 2.24) is 0 Å². The molecule has 0 radical (unpaired) electrons. The Hall–Kier alpha value is -1.96. The maximum Gasteiger partial charge on any atom is 0.119 e. The topological polar surface area (TPSA) is 40.5 Å². The Morgan fingerprint density at radius 1 is 0.846 bits per heavy atom. The van der Waals surface area contributed by atoms with Crippen LogP contribution in [0, 0.1) is 0 Å². The summed E-state index contributed by atoms with van der Waals surface area (Å²) in [7, 11) is 0. The van der Waals surface area contributed by atoms with E-state index in [9.17, 15) is 10.2 Å². The molecule has 2 nitrogen and oxygen atoms in total. The van der Waals surface area contributed by atoms with Crippen LogP contribution in [0.2, 0.25) is 0 Å². The summed E-state index contributed by atoms with van der Waals surface area (Å²) in [5.41, 5.74) is 3.89. The van der Waals surface area contributed by atoms with Gasteiger partial charge in [0.05, 0.1) is 0 Å². The van der Waals surface area contributed by atoms with Crippen molar-refractivity contribution in [2.24, 2.45) is 0 Å². The van der Waals surface area contributed by atoms with Crippen molar-refractivity contribution in [1.29, 1.82) is 0 Å². The van der Waals surface area contributed by atoms with E-state index in [1.807, 2.05) is 6.07 Å². The molecule has 0 saturated heterocycles. The Morgan fingerprint density at radius 3 is 2.00 bits per heavy atom. The summed E-state index contributed by atoms with van der Waals surface area (Å²) in [5, 5.41) is 19.8. The summed E-state index contributed by atoms with van der Waals surface area (Å²) in [6, 6.07) is 14.0. The molecule has 1 aliphatic carbocycles. The Kier molecular flexibility index (Phi) is 6.24. The van der Waals surface area contributed by atoms with E-state index in [1.54, 1.807) is 12.1 Å². The summed E-state index contributed by atoms with van der Waals surface area (Å²) in [6.45, 7) is 4.43. The van der Waals surface area contributed by atoms with Gasteiger partial charge in [-0.15, -0.1) is 0 Å². The molecule has 26 heavy (non-hydrogen) atoms. The molecule has 1 aliphatic rings. The molecule has 2 heteroatoms. The normalized spacial score (nSPS) is 21.5. The first kappa shape index (κ1) is 18.8. The first-order valence-corrected chi connectivity index (χ1v) is 10.2. The van der Waals surface area contributed by atoms with E-state index in [0.717, 1.165) is 24.8 Å². The monoisotopic (exact) mass is 352 g/mol. The molecular weight excluding hydrogens is 320 g/mol. The zero-order valence-corrected chi connectivity index (χ0v) is 16.1. The number of phenolic OH excluding ortho intramolecular Hbond substituents is 2. The van der Waals surface area contributed by atoms with Crippen molar-refractivity contribution >= 4 is 0 Å². The number of benzene rings is 2. The van der Waals surface area contributed by atoms with Gasteiger partial charge in [-0.25, -0.2) is 0 Å². The molecule has 0 spiro atoms. The van der Waals surface area contributed by atoms with Crippen LogP contribution in [0.15, 0.2) is 42.5 Å². The third-order valence-corrected chi connectivity index (χ3v) is 6.18. The zero-order chi connectivity index (χ0) is 18.5. The maximum atomic E-state index is 10.4. The lowest BCUT2D eigenvalue weighted by molar-refractivity contribution is 0.394. The minimum Gasteiger partial charge on any atom is -0.508 e. The van der Waals surface area contributed by atoms with E-state index in [2.05, 4.69) is 38.1 Å². The summed E-state index contributed by atoms with van der Waals surface area (Å²) in [6.07, 6.45) is 8.15. The molecule has 1 fully saturated rings.